The summed E-state index contributed by atoms with van der Waals surface area (Å²) in [4.78, 5) is 13.9. The van der Waals surface area contributed by atoms with Gasteiger partial charge in [0.15, 0.2) is 0 Å². The number of aromatic nitrogens is 1. The Kier molecular flexibility index (Phi) is 3.93. The van der Waals surface area contributed by atoms with Gasteiger partial charge in [-0.1, -0.05) is 19.8 Å². The van der Waals surface area contributed by atoms with Gasteiger partial charge in [0.25, 0.3) is 5.56 Å². The fourth-order valence-corrected chi connectivity index (χ4v) is 1.31. The lowest BCUT2D eigenvalue weighted by atomic mass is 10.1. The molecule has 1 rings (SSSR count). The van der Waals surface area contributed by atoms with Crippen molar-refractivity contribution in [1.29, 1.82) is 5.26 Å². The summed E-state index contributed by atoms with van der Waals surface area (Å²) >= 11 is 0. The highest BCUT2D eigenvalue weighted by Crippen LogP contribution is 2.02. The molecule has 14 heavy (non-hydrogen) atoms. The average molecular weight is 190 g/mol. The third-order valence-corrected chi connectivity index (χ3v) is 2.14. The van der Waals surface area contributed by atoms with Crippen LogP contribution in [-0.2, 0) is 6.42 Å². The molecular weight excluding hydrogens is 176 g/mol. The number of hydrogen-bond donors (Lipinski definition) is 1. The minimum atomic E-state index is -0.276. The van der Waals surface area contributed by atoms with Crippen molar-refractivity contribution < 1.29 is 0 Å². The fraction of sp³-hybridized carbons (Fsp3) is 0.455. The molecule has 0 atom stereocenters. The van der Waals surface area contributed by atoms with Gasteiger partial charge in [-0.2, -0.15) is 5.26 Å². The summed E-state index contributed by atoms with van der Waals surface area (Å²) in [5, 5.41) is 8.55. The molecule has 0 saturated heterocycles. The van der Waals surface area contributed by atoms with Gasteiger partial charge in [0, 0.05) is 5.69 Å². The highest BCUT2D eigenvalue weighted by atomic mass is 16.1. The van der Waals surface area contributed by atoms with Crippen LogP contribution in [0, 0.1) is 11.3 Å². The lowest BCUT2D eigenvalue weighted by Gasteiger charge is -1.99. The van der Waals surface area contributed by atoms with E-state index in [1.807, 2.05) is 12.1 Å². The van der Waals surface area contributed by atoms with Crippen molar-refractivity contribution in [3.05, 3.63) is 33.7 Å². The van der Waals surface area contributed by atoms with Gasteiger partial charge in [-0.15, -0.1) is 0 Å². The molecule has 1 heterocycles. The van der Waals surface area contributed by atoms with Crippen molar-refractivity contribution in [2.45, 2.75) is 32.6 Å². The number of H-pyrrole nitrogens is 1. The Hall–Kier alpha value is -1.56. The predicted molar refractivity (Wildman–Crippen MR) is 55.0 cm³/mol. The molecule has 0 aliphatic heterocycles. The first-order chi connectivity index (χ1) is 6.77. The predicted octanol–water partition coefficient (Wildman–Crippen LogP) is 1.98. The minimum Gasteiger partial charge on any atom is -0.325 e. The van der Waals surface area contributed by atoms with Gasteiger partial charge in [-0.3, -0.25) is 4.79 Å². The Labute approximate surface area is 83.4 Å². The third-order valence-electron chi connectivity index (χ3n) is 2.14. The van der Waals surface area contributed by atoms with Crippen LogP contribution in [0.2, 0.25) is 0 Å². The van der Waals surface area contributed by atoms with Crippen LogP contribution < -0.4 is 5.56 Å². The number of nitrogens with one attached hydrogen (secondary N) is 1. The van der Waals surface area contributed by atoms with Crippen LogP contribution in [0.25, 0.3) is 0 Å². The molecule has 1 N–H and O–H groups in total. The Morgan fingerprint density at radius 2 is 2.21 bits per heavy atom. The van der Waals surface area contributed by atoms with Gasteiger partial charge in [0.1, 0.15) is 11.6 Å². The SMILES string of the molecule is CCCCCc1ccc(C#N)c(=O)[nH]1. The number of nitrogens with zero attached hydrogens (tertiary/aromatic N) is 1. The number of rotatable bonds is 4. The summed E-state index contributed by atoms with van der Waals surface area (Å²) in [7, 11) is 0. The molecule has 1 aromatic rings. The van der Waals surface area contributed by atoms with Crippen molar-refractivity contribution >= 4 is 0 Å². The molecule has 74 valence electrons. The molecule has 0 aliphatic carbocycles. The number of nitriles is 1. The van der Waals surface area contributed by atoms with E-state index < -0.39 is 0 Å². The fourth-order valence-electron chi connectivity index (χ4n) is 1.31. The number of unbranched alkanes of at least 4 members (excludes halogenated alkanes) is 2. The van der Waals surface area contributed by atoms with Gasteiger partial charge >= 0.3 is 0 Å². The molecular formula is C11H14N2O. The van der Waals surface area contributed by atoms with Crippen LogP contribution in [0.15, 0.2) is 16.9 Å². The van der Waals surface area contributed by atoms with Crippen LogP contribution >= 0.6 is 0 Å². The van der Waals surface area contributed by atoms with Gasteiger partial charge in [0.05, 0.1) is 0 Å². The van der Waals surface area contributed by atoms with Crippen molar-refractivity contribution in [2.75, 3.05) is 0 Å². The van der Waals surface area contributed by atoms with E-state index in [0.717, 1.165) is 18.5 Å². The van der Waals surface area contributed by atoms with Crippen LogP contribution in [0.5, 0.6) is 0 Å². The topological polar surface area (TPSA) is 56.6 Å². The van der Waals surface area contributed by atoms with Crippen molar-refractivity contribution in [3.63, 3.8) is 0 Å². The number of pyridine rings is 1. The van der Waals surface area contributed by atoms with Crippen molar-refractivity contribution in [2.24, 2.45) is 0 Å². The van der Waals surface area contributed by atoms with E-state index in [9.17, 15) is 4.79 Å². The zero-order valence-electron chi connectivity index (χ0n) is 8.34. The van der Waals surface area contributed by atoms with Crippen LogP contribution in [0.4, 0.5) is 0 Å². The number of aryl methyl sites for hydroxylation is 1. The van der Waals surface area contributed by atoms with E-state index in [-0.39, 0.29) is 11.1 Å². The Morgan fingerprint density at radius 1 is 1.43 bits per heavy atom. The Balaban J connectivity index is 2.68. The van der Waals surface area contributed by atoms with Crippen molar-refractivity contribution in [3.8, 4) is 6.07 Å². The molecule has 0 amide bonds. The molecule has 0 saturated carbocycles. The number of hydrogen-bond acceptors (Lipinski definition) is 2. The third kappa shape index (κ3) is 2.74. The van der Waals surface area contributed by atoms with Crippen LogP contribution in [0.3, 0.4) is 0 Å². The zero-order valence-corrected chi connectivity index (χ0v) is 8.34. The normalized spacial score (nSPS) is 9.71. The van der Waals surface area contributed by atoms with Crippen LogP contribution in [0.1, 0.15) is 37.4 Å². The maximum Gasteiger partial charge on any atom is 0.266 e. The lowest BCUT2D eigenvalue weighted by Crippen LogP contribution is -2.11. The number of aromatic amines is 1. The molecule has 0 spiro atoms. The largest absolute Gasteiger partial charge is 0.325 e. The first-order valence-corrected chi connectivity index (χ1v) is 4.90. The molecule has 0 unspecified atom stereocenters. The standard InChI is InChI=1S/C11H14N2O/c1-2-3-4-5-10-7-6-9(8-12)11(14)13-10/h6-7H,2-5H2,1H3,(H,13,14). The maximum absolute atomic E-state index is 11.2. The summed E-state index contributed by atoms with van der Waals surface area (Å²) in [6.45, 7) is 2.14. The monoisotopic (exact) mass is 190 g/mol. The van der Waals surface area contributed by atoms with E-state index >= 15 is 0 Å². The summed E-state index contributed by atoms with van der Waals surface area (Å²) in [6.07, 6.45) is 4.30. The first-order valence-electron chi connectivity index (χ1n) is 4.90. The molecule has 0 radical (unpaired) electrons. The maximum atomic E-state index is 11.2. The second kappa shape index (κ2) is 5.23. The molecule has 0 fully saturated rings. The molecule has 0 aliphatic rings. The Bertz CT molecular complexity index is 387. The first kappa shape index (κ1) is 10.5. The van der Waals surface area contributed by atoms with E-state index in [1.54, 1.807) is 6.07 Å². The van der Waals surface area contributed by atoms with E-state index in [4.69, 9.17) is 5.26 Å². The van der Waals surface area contributed by atoms with E-state index in [0.29, 0.717) is 0 Å². The smallest absolute Gasteiger partial charge is 0.266 e. The summed E-state index contributed by atoms with van der Waals surface area (Å²) in [5.74, 6) is 0. The highest BCUT2D eigenvalue weighted by molar-refractivity contribution is 5.26. The van der Waals surface area contributed by atoms with Gasteiger partial charge in [-0.25, -0.2) is 0 Å². The Morgan fingerprint density at radius 3 is 2.79 bits per heavy atom. The molecule has 0 bridgehead atoms. The second-order valence-corrected chi connectivity index (χ2v) is 3.30. The summed E-state index contributed by atoms with van der Waals surface area (Å²) < 4.78 is 0. The van der Waals surface area contributed by atoms with E-state index in [2.05, 4.69) is 11.9 Å². The molecule has 1 aromatic heterocycles. The second-order valence-electron chi connectivity index (χ2n) is 3.30. The summed E-state index contributed by atoms with van der Waals surface area (Å²) in [6, 6.07) is 5.24. The zero-order chi connectivity index (χ0) is 10.4. The van der Waals surface area contributed by atoms with E-state index in [1.165, 1.54) is 12.8 Å². The van der Waals surface area contributed by atoms with Gasteiger partial charge in [-0.05, 0) is 25.0 Å². The molecule has 3 heteroatoms. The van der Waals surface area contributed by atoms with Gasteiger partial charge < -0.3 is 4.98 Å². The van der Waals surface area contributed by atoms with Crippen molar-refractivity contribution in [1.82, 2.24) is 4.98 Å². The lowest BCUT2D eigenvalue weighted by molar-refractivity contribution is 0.706. The van der Waals surface area contributed by atoms with Crippen LogP contribution in [-0.4, -0.2) is 4.98 Å². The quantitative estimate of drug-likeness (QED) is 0.738. The minimum absolute atomic E-state index is 0.184. The van der Waals surface area contributed by atoms with Gasteiger partial charge in [0.2, 0.25) is 0 Å². The summed E-state index contributed by atoms with van der Waals surface area (Å²) in [5.41, 5.74) is 0.827. The average Bonchev–Trinajstić information content (AvgIpc) is 2.18. The molecule has 3 nitrogen and oxygen atoms in total. The molecule has 0 aromatic carbocycles. The highest BCUT2D eigenvalue weighted by Gasteiger charge is 1.99.